The van der Waals surface area contributed by atoms with Gasteiger partial charge in [-0.2, -0.15) is 10.2 Å². The minimum absolute atomic E-state index is 0.0768. The predicted molar refractivity (Wildman–Crippen MR) is 133 cm³/mol. The van der Waals surface area contributed by atoms with Crippen LogP contribution in [0.4, 0.5) is 5.69 Å². The molecular weight excluding hydrogens is 468 g/mol. The van der Waals surface area contributed by atoms with Crippen molar-refractivity contribution in [3.8, 4) is 23.4 Å². The Labute approximate surface area is 205 Å². The summed E-state index contributed by atoms with van der Waals surface area (Å²) in [4.78, 5) is 30.5. The fraction of sp³-hybridized carbons (Fsp3) is 0.0769. The Hall–Kier alpha value is -4.61. The summed E-state index contributed by atoms with van der Waals surface area (Å²) < 4.78 is 12.5. The molecular formula is C26H19ClN4O4. The molecule has 2 heterocycles. The predicted octanol–water partition coefficient (Wildman–Crippen LogP) is 5.08. The number of carbonyl (C=O) groups excluding carboxylic acids is 1. The van der Waals surface area contributed by atoms with Crippen LogP contribution in [0.5, 0.6) is 17.4 Å². The molecule has 0 aliphatic rings. The van der Waals surface area contributed by atoms with Gasteiger partial charge in [-0.15, -0.1) is 0 Å². The maximum Gasteiger partial charge on any atom is 0.269 e. The molecule has 0 atom stereocenters. The number of aromatic nitrogens is 2. The van der Waals surface area contributed by atoms with Gasteiger partial charge in [0.15, 0.2) is 0 Å². The molecule has 0 spiro atoms. The molecule has 174 valence electrons. The van der Waals surface area contributed by atoms with E-state index in [1.807, 2.05) is 13.0 Å². The number of fused-ring (bicyclic) bond motifs is 1. The zero-order valence-corrected chi connectivity index (χ0v) is 19.3. The lowest BCUT2D eigenvalue weighted by Crippen LogP contribution is -2.20. The molecule has 8 nitrogen and oxygen atoms in total. The number of amides is 1. The van der Waals surface area contributed by atoms with E-state index in [-0.39, 0.29) is 22.8 Å². The smallest absolute Gasteiger partial charge is 0.269 e. The average Bonchev–Trinajstić information content (AvgIpc) is 2.86. The molecule has 0 fully saturated rings. The fourth-order valence-electron chi connectivity index (χ4n) is 3.21. The van der Waals surface area contributed by atoms with Crippen LogP contribution >= 0.6 is 11.6 Å². The Kier molecular flexibility index (Phi) is 7.10. The van der Waals surface area contributed by atoms with Crippen molar-refractivity contribution in [2.24, 2.45) is 0 Å². The zero-order valence-electron chi connectivity index (χ0n) is 18.6. The van der Waals surface area contributed by atoms with E-state index in [0.29, 0.717) is 28.7 Å². The van der Waals surface area contributed by atoms with Crippen LogP contribution in [-0.4, -0.2) is 21.9 Å². The summed E-state index contributed by atoms with van der Waals surface area (Å²) >= 11 is 6.21. The number of nitrogens with zero attached hydrogens (tertiary/aromatic N) is 3. The quantitative estimate of drug-likeness (QED) is 0.288. The van der Waals surface area contributed by atoms with Crippen molar-refractivity contribution >= 4 is 34.9 Å². The number of ether oxygens (including phenoxy) is 2. The monoisotopic (exact) mass is 486 g/mol. The van der Waals surface area contributed by atoms with Gasteiger partial charge in [-0.05, 0) is 61.5 Å². The number of pyridine rings is 1. The number of para-hydroxylation sites is 1. The van der Waals surface area contributed by atoms with Crippen LogP contribution in [0, 0.1) is 11.3 Å². The Bertz CT molecular complexity index is 1520. The number of benzene rings is 2. The lowest BCUT2D eigenvalue weighted by Gasteiger charge is -2.11. The van der Waals surface area contributed by atoms with Crippen LogP contribution in [-0.2, 0) is 4.79 Å². The Morgan fingerprint density at radius 3 is 2.60 bits per heavy atom. The van der Waals surface area contributed by atoms with E-state index in [0.717, 1.165) is 6.08 Å². The van der Waals surface area contributed by atoms with E-state index in [4.69, 9.17) is 21.1 Å². The molecule has 0 saturated heterocycles. The van der Waals surface area contributed by atoms with E-state index in [1.54, 1.807) is 66.7 Å². The van der Waals surface area contributed by atoms with Gasteiger partial charge in [-0.3, -0.25) is 14.0 Å². The van der Waals surface area contributed by atoms with E-state index < -0.39 is 11.5 Å². The summed E-state index contributed by atoms with van der Waals surface area (Å²) in [7, 11) is 0. The van der Waals surface area contributed by atoms with Crippen LogP contribution in [0.15, 0.2) is 83.3 Å². The molecule has 4 aromatic rings. The molecule has 0 radical (unpaired) electrons. The third-order valence-corrected chi connectivity index (χ3v) is 5.17. The second kappa shape index (κ2) is 10.5. The number of carbonyl (C=O) groups is 1. The highest BCUT2D eigenvalue weighted by Crippen LogP contribution is 2.30. The number of halogens is 1. The van der Waals surface area contributed by atoms with Crippen molar-refractivity contribution in [1.29, 1.82) is 5.26 Å². The van der Waals surface area contributed by atoms with Gasteiger partial charge in [0.05, 0.1) is 11.6 Å². The first kappa shape index (κ1) is 23.5. The van der Waals surface area contributed by atoms with Gasteiger partial charge in [-0.25, -0.2) is 0 Å². The van der Waals surface area contributed by atoms with Crippen molar-refractivity contribution in [3.63, 3.8) is 0 Å². The van der Waals surface area contributed by atoms with E-state index in [1.165, 1.54) is 10.6 Å². The molecule has 4 rings (SSSR count). The van der Waals surface area contributed by atoms with Crippen molar-refractivity contribution < 1.29 is 14.3 Å². The van der Waals surface area contributed by atoms with E-state index in [9.17, 15) is 14.9 Å². The van der Waals surface area contributed by atoms with Gasteiger partial charge in [0.2, 0.25) is 5.88 Å². The van der Waals surface area contributed by atoms with Crippen molar-refractivity contribution in [2.45, 2.75) is 6.92 Å². The fourth-order valence-corrected chi connectivity index (χ4v) is 3.38. The van der Waals surface area contributed by atoms with Crippen LogP contribution < -0.4 is 20.3 Å². The van der Waals surface area contributed by atoms with Gasteiger partial charge in [0.25, 0.3) is 11.5 Å². The Morgan fingerprint density at radius 2 is 1.89 bits per heavy atom. The van der Waals surface area contributed by atoms with Gasteiger partial charge >= 0.3 is 0 Å². The lowest BCUT2D eigenvalue weighted by molar-refractivity contribution is -0.112. The normalized spacial score (nSPS) is 11.1. The van der Waals surface area contributed by atoms with Gasteiger partial charge in [0.1, 0.15) is 34.4 Å². The summed E-state index contributed by atoms with van der Waals surface area (Å²) in [5, 5.41) is 12.6. The highest BCUT2D eigenvalue weighted by molar-refractivity contribution is 6.32. The van der Waals surface area contributed by atoms with Gasteiger partial charge < -0.3 is 14.8 Å². The average molecular weight is 487 g/mol. The molecule has 0 saturated carbocycles. The van der Waals surface area contributed by atoms with Gasteiger partial charge in [0, 0.05) is 11.9 Å². The maximum atomic E-state index is 13.3. The second-order valence-electron chi connectivity index (χ2n) is 7.18. The van der Waals surface area contributed by atoms with Gasteiger partial charge in [-0.1, -0.05) is 29.8 Å². The molecule has 1 N–H and O–H groups in total. The van der Waals surface area contributed by atoms with Crippen LogP contribution in [0.1, 0.15) is 12.5 Å². The molecule has 0 bridgehead atoms. The number of hydrogen-bond donors (Lipinski definition) is 1. The summed E-state index contributed by atoms with van der Waals surface area (Å²) in [6.07, 6.45) is 2.69. The van der Waals surface area contributed by atoms with E-state index >= 15 is 0 Å². The number of nitrogens with one attached hydrogen (secondary N) is 1. The standard InChI is InChI=1S/C26H19ClN4O4/c1-2-34-19-12-10-18(11-13-19)29-24(32)17(16-28)15-20-25(35-22-8-4-3-7-21(22)27)30-23-9-5-6-14-31(23)26(20)33/h3-15H,2H2,1H3,(H,29,32). The van der Waals surface area contributed by atoms with Crippen LogP contribution in [0.3, 0.4) is 0 Å². The van der Waals surface area contributed by atoms with Crippen molar-refractivity contribution in [3.05, 3.63) is 99.4 Å². The summed E-state index contributed by atoms with van der Waals surface area (Å²) in [6, 6.07) is 20.3. The zero-order chi connectivity index (χ0) is 24.8. The number of anilines is 1. The van der Waals surface area contributed by atoms with Crippen molar-refractivity contribution in [1.82, 2.24) is 9.38 Å². The second-order valence-corrected chi connectivity index (χ2v) is 7.59. The SMILES string of the molecule is CCOc1ccc(NC(=O)C(C#N)=Cc2c(Oc3ccccc3Cl)nc3ccccn3c2=O)cc1. The van der Waals surface area contributed by atoms with Crippen LogP contribution in [0.2, 0.25) is 5.02 Å². The summed E-state index contributed by atoms with van der Waals surface area (Å²) in [6.45, 7) is 2.38. The molecule has 0 aliphatic carbocycles. The molecule has 9 heteroatoms. The first-order valence-corrected chi connectivity index (χ1v) is 11.0. The molecule has 0 aliphatic heterocycles. The first-order valence-electron chi connectivity index (χ1n) is 10.6. The first-order chi connectivity index (χ1) is 17.0. The molecule has 2 aromatic carbocycles. The third kappa shape index (κ3) is 5.32. The number of nitriles is 1. The Morgan fingerprint density at radius 1 is 1.14 bits per heavy atom. The molecule has 2 aromatic heterocycles. The highest BCUT2D eigenvalue weighted by atomic mass is 35.5. The molecule has 1 amide bonds. The summed E-state index contributed by atoms with van der Waals surface area (Å²) in [5.41, 5.74) is -0.112. The van der Waals surface area contributed by atoms with Crippen molar-refractivity contribution in [2.75, 3.05) is 11.9 Å². The lowest BCUT2D eigenvalue weighted by atomic mass is 10.1. The molecule has 35 heavy (non-hydrogen) atoms. The Balaban J connectivity index is 1.74. The highest BCUT2D eigenvalue weighted by Gasteiger charge is 2.18. The van der Waals surface area contributed by atoms with E-state index in [2.05, 4.69) is 10.3 Å². The topological polar surface area (TPSA) is 106 Å². The number of hydrogen-bond acceptors (Lipinski definition) is 6. The maximum absolute atomic E-state index is 13.3. The summed E-state index contributed by atoms with van der Waals surface area (Å²) in [5.74, 6) is 0.139. The third-order valence-electron chi connectivity index (χ3n) is 4.85. The molecule has 0 unspecified atom stereocenters. The van der Waals surface area contributed by atoms with Crippen LogP contribution in [0.25, 0.3) is 11.7 Å². The number of rotatable bonds is 7. The minimum Gasteiger partial charge on any atom is -0.494 e. The largest absolute Gasteiger partial charge is 0.494 e. The minimum atomic E-state index is -0.696.